The Labute approximate surface area is 126 Å². The molecule has 0 amide bonds. The summed E-state index contributed by atoms with van der Waals surface area (Å²) < 4.78 is 18.3. The molecule has 1 unspecified atom stereocenters. The second-order valence-corrected chi connectivity index (χ2v) is 5.09. The van der Waals surface area contributed by atoms with Gasteiger partial charge in [-0.15, -0.1) is 0 Å². The van der Waals surface area contributed by atoms with Crippen molar-refractivity contribution >= 4 is 23.7 Å². The minimum absolute atomic E-state index is 0.0495. The Morgan fingerprint density at radius 3 is 2.67 bits per heavy atom. The van der Waals surface area contributed by atoms with Crippen molar-refractivity contribution in [2.24, 2.45) is 0 Å². The number of nitrogens with zero attached hydrogens (tertiary/aromatic N) is 3. The van der Waals surface area contributed by atoms with E-state index in [0.29, 0.717) is 23.5 Å². The topological polar surface area (TPSA) is 86.0 Å². The van der Waals surface area contributed by atoms with Crippen LogP contribution in [0.25, 0.3) is 0 Å². The number of thioether (sulfide) groups is 1. The van der Waals surface area contributed by atoms with Gasteiger partial charge >= 0.3 is 0 Å². The smallest absolute Gasteiger partial charge is 0.228 e. The lowest BCUT2D eigenvalue weighted by atomic mass is 10.3. The predicted octanol–water partition coefficient (Wildman–Crippen LogP) is 2.19. The first-order chi connectivity index (χ1) is 10.1. The second kappa shape index (κ2) is 7.07. The molecule has 112 valence electrons. The molecule has 0 saturated carbocycles. The number of nitrogens with one attached hydrogen (secondary N) is 1. The Morgan fingerprint density at radius 1 is 1.29 bits per heavy atom. The number of nitrogen functional groups attached to an aromatic ring is 1. The van der Waals surface area contributed by atoms with E-state index in [1.807, 2.05) is 13.2 Å². The first kappa shape index (κ1) is 15.3. The van der Waals surface area contributed by atoms with Crippen molar-refractivity contribution < 1.29 is 9.13 Å². The van der Waals surface area contributed by atoms with E-state index in [0.717, 1.165) is 0 Å². The fourth-order valence-electron chi connectivity index (χ4n) is 1.54. The molecule has 1 heterocycles. The first-order valence-electron chi connectivity index (χ1n) is 6.27. The molecule has 6 nitrogen and oxygen atoms in total. The van der Waals surface area contributed by atoms with Crippen molar-refractivity contribution in [2.45, 2.75) is 18.1 Å². The van der Waals surface area contributed by atoms with Crippen LogP contribution in [0.5, 0.6) is 5.75 Å². The number of anilines is 2. The number of aromatic nitrogens is 3. The average molecular weight is 309 g/mol. The molecule has 21 heavy (non-hydrogen) atoms. The van der Waals surface area contributed by atoms with Crippen molar-refractivity contribution in [1.82, 2.24) is 15.0 Å². The van der Waals surface area contributed by atoms with Crippen LogP contribution < -0.4 is 15.8 Å². The van der Waals surface area contributed by atoms with E-state index >= 15 is 0 Å². The number of benzene rings is 1. The van der Waals surface area contributed by atoms with Crippen molar-refractivity contribution in [3.05, 3.63) is 30.1 Å². The summed E-state index contributed by atoms with van der Waals surface area (Å²) in [5, 5.41) is 3.64. The van der Waals surface area contributed by atoms with E-state index in [9.17, 15) is 4.39 Å². The summed E-state index contributed by atoms with van der Waals surface area (Å²) in [6, 6.07) is 5.81. The van der Waals surface area contributed by atoms with Crippen LogP contribution in [0.2, 0.25) is 0 Å². The van der Waals surface area contributed by atoms with Gasteiger partial charge in [0.15, 0.2) is 5.16 Å². The minimum atomic E-state index is -0.293. The van der Waals surface area contributed by atoms with E-state index in [1.54, 1.807) is 12.1 Å². The van der Waals surface area contributed by atoms with Crippen LogP contribution in [0.1, 0.15) is 6.92 Å². The molecule has 8 heteroatoms. The van der Waals surface area contributed by atoms with Gasteiger partial charge in [0, 0.05) is 0 Å². The van der Waals surface area contributed by atoms with E-state index in [2.05, 4.69) is 20.3 Å². The lowest BCUT2D eigenvalue weighted by Crippen LogP contribution is -2.25. The molecular weight excluding hydrogens is 293 g/mol. The van der Waals surface area contributed by atoms with E-state index in [1.165, 1.54) is 23.9 Å². The molecule has 2 aromatic rings. The molecule has 1 aromatic carbocycles. The van der Waals surface area contributed by atoms with Crippen molar-refractivity contribution in [3.63, 3.8) is 0 Å². The Kier molecular flexibility index (Phi) is 5.15. The maximum atomic E-state index is 12.8. The third kappa shape index (κ3) is 4.75. The highest BCUT2D eigenvalue weighted by atomic mass is 32.2. The summed E-state index contributed by atoms with van der Waals surface area (Å²) in [6.07, 6.45) is 1.86. The van der Waals surface area contributed by atoms with Crippen LogP contribution in [0.3, 0.4) is 0 Å². The Morgan fingerprint density at radius 2 is 2.00 bits per heavy atom. The molecule has 0 fully saturated rings. The van der Waals surface area contributed by atoms with Crippen LogP contribution in [0, 0.1) is 5.82 Å². The summed E-state index contributed by atoms with van der Waals surface area (Å²) >= 11 is 1.39. The Balaban J connectivity index is 1.90. The maximum Gasteiger partial charge on any atom is 0.228 e. The van der Waals surface area contributed by atoms with Gasteiger partial charge in [-0.25, -0.2) is 4.39 Å². The van der Waals surface area contributed by atoms with Gasteiger partial charge in [-0.2, -0.15) is 15.0 Å². The largest absolute Gasteiger partial charge is 0.491 e. The summed E-state index contributed by atoms with van der Waals surface area (Å²) in [6.45, 7) is 2.30. The fraction of sp³-hybridized carbons (Fsp3) is 0.308. The zero-order valence-corrected chi connectivity index (χ0v) is 12.5. The Bertz CT molecular complexity index is 596. The molecule has 0 saturated heterocycles. The molecule has 3 N–H and O–H groups in total. The van der Waals surface area contributed by atoms with Crippen LogP contribution in [-0.4, -0.2) is 33.9 Å². The Hall–Kier alpha value is -2.09. The SMILES string of the molecule is CSc1nc(N)nc(NC(C)COc2ccc(F)cc2)n1. The monoisotopic (exact) mass is 309 g/mol. The maximum absolute atomic E-state index is 12.8. The zero-order chi connectivity index (χ0) is 15.2. The van der Waals surface area contributed by atoms with Crippen LogP contribution in [-0.2, 0) is 0 Å². The standard InChI is InChI=1S/C13H16FN5OS/c1-8(7-20-10-5-3-9(14)4-6-10)16-12-17-11(15)18-13(19-12)21-2/h3-6,8H,7H2,1-2H3,(H3,15,16,17,18,19). The van der Waals surface area contributed by atoms with Gasteiger partial charge in [0.1, 0.15) is 18.2 Å². The van der Waals surface area contributed by atoms with Gasteiger partial charge in [0.25, 0.3) is 0 Å². The summed E-state index contributed by atoms with van der Waals surface area (Å²) in [7, 11) is 0. The molecule has 0 aliphatic heterocycles. The number of ether oxygens (including phenoxy) is 1. The minimum Gasteiger partial charge on any atom is -0.491 e. The molecular formula is C13H16FN5OS. The molecule has 0 aliphatic carbocycles. The van der Waals surface area contributed by atoms with Gasteiger partial charge in [-0.1, -0.05) is 11.8 Å². The molecule has 0 aliphatic rings. The van der Waals surface area contributed by atoms with Crippen LogP contribution >= 0.6 is 11.8 Å². The predicted molar refractivity (Wildman–Crippen MR) is 81.0 cm³/mol. The van der Waals surface area contributed by atoms with Crippen molar-refractivity contribution in [1.29, 1.82) is 0 Å². The number of halogens is 1. The quantitative estimate of drug-likeness (QED) is 0.791. The molecule has 1 aromatic heterocycles. The highest BCUT2D eigenvalue weighted by molar-refractivity contribution is 7.98. The normalized spacial score (nSPS) is 12.0. The fourth-order valence-corrected chi connectivity index (χ4v) is 1.90. The third-order valence-electron chi connectivity index (χ3n) is 2.50. The molecule has 0 radical (unpaired) electrons. The van der Waals surface area contributed by atoms with Crippen LogP contribution in [0.4, 0.5) is 16.3 Å². The number of nitrogens with two attached hydrogens (primary N) is 1. The van der Waals surface area contributed by atoms with E-state index in [4.69, 9.17) is 10.5 Å². The van der Waals surface area contributed by atoms with Crippen molar-refractivity contribution in [3.8, 4) is 5.75 Å². The van der Waals surface area contributed by atoms with Crippen molar-refractivity contribution in [2.75, 3.05) is 23.9 Å². The first-order valence-corrected chi connectivity index (χ1v) is 7.49. The molecule has 2 rings (SSSR count). The number of hydrogen-bond donors (Lipinski definition) is 2. The molecule has 1 atom stereocenters. The van der Waals surface area contributed by atoms with Crippen LogP contribution in [0.15, 0.2) is 29.4 Å². The van der Waals surface area contributed by atoms with Gasteiger partial charge in [-0.05, 0) is 37.4 Å². The highest BCUT2D eigenvalue weighted by Crippen LogP contribution is 2.14. The summed E-state index contributed by atoms with van der Waals surface area (Å²) in [4.78, 5) is 12.2. The number of hydrogen-bond acceptors (Lipinski definition) is 7. The van der Waals surface area contributed by atoms with Gasteiger partial charge in [0.2, 0.25) is 11.9 Å². The third-order valence-corrected chi connectivity index (χ3v) is 3.05. The lowest BCUT2D eigenvalue weighted by Gasteiger charge is -2.15. The van der Waals surface area contributed by atoms with E-state index < -0.39 is 0 Å². The summed E-state index contributed by atoms with van der Waals surface area (Å²) in [5.74, 6) is 0.884. The zero-order valence-electron chi connectivity index (χ0n) is 11.7. The molecule has 0 spiro atoms. The highest BCUT2D eigenvalue weighted by Gasteiger charge is 2.08. The van der Waals surface area contributed by atoms with Gasteiger partial charge in [0.05, 0.1) is 6.04 Å². The lowest BCUT2D eigenvalue weighted by molar-refractivity contribution is 0.303. The van der Waals surface area contributed by atoms with Gasteiger partial charge in [-0.3, -0.25) is 0 Å². The van der Waals surface area contributed by atoms with Gasteiger partial charge < -0.3 is 15.8 Å². The second-order valence-electron chi connectivity index (χ2n) is 4.31. The van der Waals surface area contributed by atoms with E-state index in [-0.39, 0.29) is 17.8 Å². The molecule has 0 bridgehead atoms. The number of rotatable bonds is 6. The summed E-state index contributed by atoms with van der Waals surface area (Å²) in [5.41, 5.74) is 5.61. The average Bonchev–Trinajstić information content (AvgIpc) is 2.46.